The van der Waals surface area contributed by atoms with Crippen LogP contribution in [0.5, 0.6) is 0 Å². The van der Waals surface area contributed by atoms with Crippen molar-refractivity contribution in [1.82, 2.24) is 14.5 Å². The number of thiophene rings is 1. The summed E-state index contributed by atoms with van der Waals surface area (Å²) in [5.74, 6) is 0.625. The van der Waals surface area contributed by atoms with Gasteiger partial charge in [-0.05, 0) is 108 Å². The van der Waals surface area contributed by atoms with Crippen LogP contribution in [0.4, 0.5) is 17.1 Å². The van der Waals surface area contributed by atoms with Crippen molar-refractivity contribution in [1.29, 1.82) is 0 Å². The van der Waals surface area contributed by atoms with Crippen LogP contribution in [0.25, 0.3) is 136 Å². The summed E-state index contributed by atoms with van der Waals surface area (Å²) in [4.78, 5) is 13.9. The molecule has 0 aliphatic heterocycles. The molecule has 3 heterocycles. The molecule has 2 aliphatic carbocycles. The molecule has 0 atom stereocenters. The zero-order chi connectivity index (χ0) is 57.6. The van der Waals surface area contributed by atoms with E-state index in [9.17, 15) is 0 Å². The lowest BCUT2D eigenvalue weighted by atomic mass is 9.70. The molecule has 0 unspecified atom stereocenters. The second kappa shape index (κ2) is 18.9. The van der Waals surface area contributed by atoms with Crippen LogP contribution in [-0.2, 0) is 5.41 Å². The summed E-state index contributed by atoms with van der Waals surface area (Å²) < 4.78 is 4.87. The third kappa shape index (κ3) is 6.85. The summed E-state index contributed by atoms with van der Waals surface area (Å²) in [5.41, 5.74) is 21.5. The Bertz CT molecular complexity index is 5630. The molecule has 0 saturated carbocycles. The van der Waals surface area contributed by atoms with Crippen LogP contribution < -0.4 is 4.90 Å². The van der Waals surface area contributed by atoms with Gasteiger partial charge in [-0.25, -0.2) is 9.97 Å². The van der Waals surface area contributed by atoms with Crippen LogP contribution >= 0.6 is 11.3 Å². The molecule has 19 rings (SSSR count). The molecule has 0 fully saturated rings. The van der Waals surface area contributed by atoms with Gasteiger partial charge >= 0.3 is 0 Å². The number of nitrogens with zero attached hydrogens (tertiary/aromatic N) is 4. The van der Waals surface area contributed by atoms with E-state index in [0.717, 1.165) is 61.4 Å². The summed E-state index contributed by atoms with van der Waals surface area (Å²) in [6, 6.07) is 112. The molecular weight excluding hydrogens is 1090 g/mol. The monoisotopic (exact) mass is 1130 g/mol. The fourth-order valence-corrected chi connectivity index (χ4v) is 16.7. The Hall–Kier alpha value is -11.2. The first kappa shape index (κ1) is 49.1. The number of fused-ring (bicyclic) bond motifs is 25. The number of benzene rings is 14. The van der Waals surface area contributed by atoms with Gasteiger partial charge in [0.05, 0.1) is 38.2 Å². The van der Waals surface area contributed by atoms with Crippen molar-refractivity contribution in [2.45, 2.75) is 5.41 Å². The van der Waals surface area contributed by atoms with Gasteiger partial charge in [-0.2, -0.15) is 0 Å². The van der Waals surface area contributed by atoms with E-state index in [-0.39, 0.29) is 0 Å². The maximum Gasteiger partial charge on any atom is 0.235 e. The minimum atomic E-state index is -0.514. The molecule has 2 aliphatic rings. The Balaban J connectivity index is 0.937. The topological polar surface area (TPSA) is 34.0 Å². The van der Waals surface area contributed by atoms with Gasteiger partial charge in [0.2, 0.25) is 5.95 Å². The minimum Gasteiger partial charge on any atom is -0.309 e. The quantitative estimate of drug-likeness (QED) is 0.149. The first-order chi connectivity index (χ1) is 43.7. The number of anilines is 3. The summed E-state index contributed by atoms with van der Waals surface area (Å²) >= 11 is 1.91. The fraction of sp³-hybridized carbons (Fsp3) is 0.0120. The average Bonchev–Trinajstić information content (AvgIpc) is 2.02. The highest BCUT2D eigenvalue weighted by Gasteiger charge is 2.51. The Morgan fingerprint density at radius 3 is 1.34 bits per heavy atom. The molecule has 0 saturated heterocycles. The van der Waals surface area contributed by atoms with Gasteiger partial charge in [-0.15, -0.1) is 11.3 Å². The largest absolute Gasteiger partial charge is 0.309 e. The van der Waals surface area contributed by atoms with Crippen molar-refractivity contribution >= 4 is 103 Å². The van der Waals surface area contributed by atoms with Crippen LogP contribution in [0.1, 0.15) is 22.3 Å². The lowest BCUT2D eigenvalue weighted by Gasteiger charge is -2.32. The smallest absolute Gasteiger partial charge is 0.235 e. The Morgan fingerprint density at radius 2 is 0.739 bits per heavy atom. The van der Waals surface area contributed by atoms with Crippen molar-refractivity contribution in [3.05, 3.63) is 326 Å². The van der Waals surface area contributed by atoms with Gasteiger partial charge in [0.15, 0.2) is 0 Å². The van der Waals surface area contributed by atoms with E-state index in [4.69, 9.17) is 9.97 Å². The molecule has 17 aromatic rings. The fourth-order valence-electron chi connectivity index (χ4n) is 15.4. The standard InChI is InChI=1S/C83H50N4S/c1-4-23-51(24-5-1)52-43-45-55(46-44-52)86(56-47-48-62-61-33-18-21-41-70(61)83(71(62)49-56)68-39-19-16-31-59(68)60-32-17-20-40-69(60)83)74-42-22-38-67-76-77-75-63-34-12-10-29-57(63)58-30-11-13-35-64(58)78(75)87(79(77)65-36-14-15-37-66(65)81(76)88-80(67)74)82-84-72(53-25-6-2-7-26-53)50-73(85-82)54-27-8-3-9-28-54/h1-50H. The van der Waals surface area contributed by atoms with Gasteiger partial charge in [-0.3, -0.25) is 4.57 Å². The highest BCUT2D eigenvalue weighted by atomic mass is 32.1. The SMILES string of the molecule is c1ccc(-c2ccc(N(c3ccc4c(c3)C3(c5ccccc5-c5ccccc53)c3ccccc3-4)c3cccc4c3sc3c5ccccc5c5c(c43)c3c4ccccc4c4ccccc4c3n5-c3nc(-c4ccccc4)cc(-c4ccccc4)n3)cc2)cc1. The van der Waals surface area contributed by atoms with E-state index in [2.05, 4.69) is 313 Å². The average molecular weight is 1140 g/mol. The molecule has 0 bridgehead atoms. The third-order valence-electron chi connectivity index (χ3n) is 19.0. The third-order valence-corrected chi connectivity index (χ3v) is 20.2. The molecule has 4 nitrogen and oxygen atoms in total. The van der Waals surface area contributed by atoms with Crippen molar-refractivity contribution in [3.8, 4) is 61.8 Å². The van der Waals surface area contributed by atoms with E-state index in [1.54, 1.807) is 0 Å². The van der Waals surface area contributed by atoms with Crippen molar-refractivity contribution in [3.63, 3.8) is 0 Å². The summed E-state index contributed by atoms with van der Waals surface area (Å²) in [7, 11) is 0. The highest BCUT2D eigenvalue weighted by Crippen LogP contribution is 2.64. The molecule has 408 valence electrons. The van der Waals surface area contributed by atoms with Crippen molar-refractivity contribution < 1.29 is 0 Å². The van der Waals surface area contributed by atoms with Gasteiger partial charge in [0.25, 0.3) is 0 Å². The maximum atomic E-state index is 5.66. The number of hydrogen-bond donors (Lipinski definition) is 0. The normalized spacial score (nSPS) is 12.9. The first-order valence-electron chi connectivity index (χ1n) is 30.2. The predicted molar refractivity (Wildman–Crippen MR) is 369 cm³/mol. The van der Waals surface area contributed by atoms with Crippen molar-refractivity contribution in [2.24, 2.45) is 0 Å². The maximum absolute atomic E-state index is 5.66. The van der Waals surface area contributed by atoms with Crippen LogP contribution in [0.3, 0.4) is 0 Å². The highest BCUT2D eigenvalue weighted by molar-refractivity contribution is 7.27. The van der Waals surface area contributed by atoms with Gasteiger partial charge in [-0.1, -0.05) is 267 Å². The van der Waals surface area contributed by atoms with Crippen LogP contribution in [0.2, 0.25) is 0 Å². The molecule has 14 aromatic carbocycles. The molecule has 1 spiro atoms. The van der Waals surface area contributed by atoms with E-state index < -0.39 is 5.41 Å². The summed E-state index contributed by atoms with van der Waals surface area (Å²) in [5, 5.41) is 11.9. The second-order valence-corrected chi connectivity index (χ2v) is 24.4. The zero-order valence-corrected chi connectivity index (χ0v) is 48.4. The van der Waals surface area contributed by atoms with E-state index in [1.807, 2.05) is 11.3 Å². The van der Waals surface area contributed by atoms with E-state index >= 15 is 0 Å². The van der Waals surface area contributed by atoms with Gasteiger partial charge in [0, 0.05) is 64.9 Å². The number of aromatic nitrogens is 3. The molecule has 0 amide bonds. The molecule has 0 radical (unpaired) electrons. The zero-order valence-electron chi connectivity index (χ0n) is 47.6. The van der Waals surface area contributed by atoms with E-state index in [0.29, 0.717) is 5.95 Å². The van der Waals surface area contributed by atoms with Crippen LogP contribution in [0.15, 0.2) is 303 Å². The number of rotatable bonds is 7. The molecule has 88 heavy (non-hydrogen) atoms. The predicted octanol–water partition coefficient (Wildman–Crippen LogP) is 22.2. The number of hydrogen-bond acceptors (Lipinski definition) is 4. The van der Waals surface area contributed by atoms with Gasteiger partial charge in [0.1, 0.15) is 0 Å². The lowest BCUT2D eigenvalue weighted by molar-refractivity contribution is 0.793. The minimum absolute atomic E-state index is 0.514. The molecule has 5 heteroatoms. The first-order valence-corrected chi connectivity index (χ1v) is 31.0. The summed E-state index contributed by atoms with van der Waals surface area (Å²) in [6.45, 7) is 0. The van der Waals surface area contributed by atoms with Gasteiger partial charge < -0.3 is 4.90 Å². The van der Waals surface area contributed by atoms with Crippen LogP contribution in [0, 0.1) is 0 Å². The molecule has 3 aromatic heterocycles. The second-order valence-electron chi connectivity index (χ2n) is 23.4. The van der Waals surface area contributed by atoms with Crippen molar-refractivity contribution in [2.75, 3.05) is 4.90 Å². The lowest BCUT2D eigenvalue weighted by Crippen LogP contribution is -2.26. The Kier molecular flexibility index (Phi) is 10.5. The Morgan fingerprint density at radius 1 is 0.295 bits per heavy atom. The Labute approximate surface area is 511 Å². The van der Waals surface area contributed by atoms with E-state index in [1.165, 1.54) is 108 Å². The molecular formula is C83H50N4S. The van der Waals surface area contributed by atoms with Crippen LogP contribution in [-0.4, -0.2) is 14.5 Å². The molecule has 0 N–H and O–H groups in total. The summed E-state index contributed by atoms with van der Waals surface area (Å²) in [6.07, 6.45) is 0.